The van der Waals surface area contributed by atoms with Gasteiger partial charge in [-0.15, -0.1) is 0 Å². The van der Waals surface area contributed by atoms with Gasteiger partial charge < -0.3 is 28.4 Å². The summed E-state index contributed by atoms with van der Waals surface area (Å²) in [6.45, 7) is 5.21. The van der Waals surface area contributed by atoms with Crippen LogP contribution in [0.1, 0.15) is 26.3 Å². The third-order valence-electron chi connectivity index (χ3n) is 5.45. The fraction of sp³-hybridized carbons (Fsp3) is 0.571. The van der Waals surface area contributed by atoms with E-state index in [2.05, 4.69) is 15.9 Å². The number of ether oxygens (including phenoxy) is 6. The van der Waals surface area contributed by atoms with Crippen molar-refractivity contribution in [3.63, 3.8) is 0 Å². The zero-order chi connectivity index (χ0) is 21.2. The van der Waals surface area contributed by atoms with Gasteiger partial charge in [0.15, 0.2) is 6.10 Å². The molecular weight excluding hydrogens is 444 g/mol. The fourth-order valence-corrected chi connectivity index (χ4v) is 4.15. The van der Waals surface area contributed by atoms with Crippen LogP contribution in [0.25, 0.3) is 0 Å². The van der Waals surface area contributed by atoms with E-state index in [9.17, 15) is 4.79 Å². The summed E-state index contributed by atoms with van der Waals surface area (Å²) in [5, 5.41) is 0. The lowest BCUT2D eigenvalue weighted by Gasteiger charge is -2.55. The van der Waals surface area contributed by atoms with Gasteiger partial charge in [0.1, 0.15) is 18.3 Å². The second kappa shape index (κ2) is 8.83. The highest BCUT2D eigenvalue weighted by Crippen LogP contribution is 2.45. The van der Waals surface area contributed by atoms with Crippen LogP contribution in [0.5, 0.6) is 0 Å². The molecule has 1 heterocycles. The molecule has 1 aromatic carbocycles. The van der Waals surface area contributed by atoms with Gasteiger partial charge in [0.25, 0.3) is 0 Å². The smallest absolute Gasteiger partial charge is 0.303 e. The number of fused-ring (bicyclic) bond motifs is 1. The van der Waals surface area contributed by atoms with Crippen LogP contribution in [0.4, 0.5) is 0 Å². The molecule has 6 atom stereocenters. The van der Waals surface area contributed by atoms with Crippen LogP contribution in [0.15, 0.2) is 40.9 Å². The number of carbonyl (C=O) groups is 1. The Balaban J connectivity index is 1.92. The quantitative estimate of drug-likeness (QED) is 0.590. The van der Waals surface area contributed by atoms with Crippen molar-refractivity contribution >= 4 is 21.9 Å². The van der Waals surface area contributed by atoms with Gasteiger partial charge in [-0.3, -0.25) is 4.79 Å². The molecule has 8 heteroatoms. The number of methoxy groups -OCH3 is 2. The lowest BCUT2D eigenvalue weighted by molar-refractivity contribution is -0.459. The van der Waals surface area contributed by atoms with Gasteiger partial charge in [-0.1, -0.05) is 46.3 Å². The van der Waals surface area contributed by atoms with Crippen LogP contribution in [0.2, 0.25) is 0 Å². The molecule has 0 amide bonds. The molecule has 0 spiro atoms. The molecule has 1 aliphatic carbocycles. The van der Waals surface area contributed by atoms with Gasteiger partial charge >= 0.3 is 5.97 Å². The highest BCUT2D eigenvalue weighted by molar-refractivity contribution is 9.11. The Kier molecular flexibility index (Phi) is 6.82. The zero-order valence-electron chi connectivity index (χ0n) is 17.2. The average Bonchev–Trinajstić information content (AvgIpc) is 2.71. The molecule has 0 saturated carbocycles. The molecule has 0 aromatic heterocycles. The number of carbonyl (C=O) groups excluding carboxylic acids is 1. The Bertz CT molecular complexity index is 755. The van der Waals surface area contributed by atoms with Gasteiger partial charge in [0.05, 0.1) is 6.61 Å². The van der Waals surface area contributed by atoms with Crippen molar-refractivity contribution in [2.45, 2.75) is 63.4 Å². The summed E-state index contributed by atoms with van der Waals surface area (Å²) in [5.41, 5.74) is 1.03. The average molecular weight is 471 g/mol. The summed E-state index contributed by atoms with van der Waals surface area (Å²) >= 11 is 3.51. The van der Waals surface area contributed by atoms with Gasteiger partial charge in [0.2, 0.25) is 11.6 Å². The van der Waals surface area contributed by atoms with E-state index in [0.29, 0.717) is 11.1 Å². The van der Waals surface area contributed by atoms with E-state index in [1.807, 2.05) is 36.4 Å². The Morgan fingerprint density at radius 1 is 1.07 bits per heavy atom. The molecule has 29 heavy (non-hydrogen) atoms. The standard InChI is InChI=1S/C21H27BrO7/c1-13(23)27-17-15(22)11-16(26-12-14-9-7-6-8-10-14)18-19(17)29-21(3,25-5)20(2,24-4)28-18/h6-11,16-19H,12H2,1-5H3/t16-,17-,18-,19-,20+,21+/m1/s1. The van der Waals surface area contributed by atoms with E-state index in [1.165, 1.54) is 21.1 Å². The minimum atomic E-state index is -1.23. The maximum Gasteiger partial charge on any atom is 0.303 e. The topological polar surface area (TPSA) is 72.5 Å². The Morgan fingerprint density at radius 3 is 2.21 bits per heavy atom. The van der Waals surface area contributed by atoms with E-state index < -0.39 is 42.0 Å². The first-order chi connectivity index (χ1) is 13.7. The molecule has 2 aliphatic rings. The van der Waals surface area contributed by atoms with Crippen molar-refractivity contribution in [3.05, 3.63) is 46.5 Å². The van der Waals surface area contributed by atoms with Crippen LogP contribution in [0, 0.1) is 0 Å². The Hall–Kier alpha value is -1.29. The molecule has 0 bridgehead atoms. The van der Waals surface area contributed by atoms with Crippen molar-refractivity contribution in [1.29, 1.82) is 0 Å². The molecular formula is C21H27BrO7. The van der Waals surface area contributed by atoms with Crippen LogP contribution in [-0.4, -0.2) is 56.2 Å². The van der Waals surface area contributed by atoms with E-state index in [1.54, 1.807) is 13.8 Å². The van der Waals surface area contributed by atoms with Crippen LogP contribution < -0.4 is 0 Å². The summed E-state index contributed by atoms with van der Waals surface area (Å²) in [5.74, 6) is -2.85. The lowest BCUT2D eigenvalue weighted by Crippen LogP contribution is -2.70. The highest BCUT2D eigenvalue weighted by Gasteiger charge is 2.61. The molecule has 1 aliphatic heterocycles. The van der Waals surface area contributed by atoms with Gasteiger partial charge in [-0.25, -0.2) is 0 Å². The second-order valence-corrected chi connectivity index (χ2v) is 8.22. The number of esters is 1. The fourth-order valence-electron chi connectivity index (χ4n) is 3.54. The van der Waals surface area contributed by atoms with Crippen molar-refractivity contribution in [3.8, 4) is 0 Å². The predicted octanol–water partition coefficient (Wildman–Crippen LogP) is 3.31. The zero-order valence-corrected chi connectivity index (χ0v) is 18.8. The van der Waals surface area contributed by atoms with E-state index in [4.69, 9.17) is 28.4 Å². The monoisotopic (exact) mass is 470 g/mol. The first kappa shape index (κ1) is 22.4. The largest absolute Gasteiger partial charge is 0.454 e. The van der Waals surface area contributed by atoms with Crippen molar-refractivity contribution in [1.82, 2.24) is 0 Å². The number of rotatable bonds is 6. The van der Waals surface area contributed by atoms with Crippen LogP contribution >= 0.6 is 15.9 Å². The highest BCUT2D eigenvalue weighted by atomic mass is 79.9. The van der Waals surface area contributed by atoms with Crippen LogP contribution in [-0.2, 0) is 39.8 Å². The first-order valence-electron chi connectivity index (χ1n) is 9.39. The minimum Gasteiger partial charge on any atom is -0.454 e. The van der Waals surface area contributed by atoms with Crippen LogP contribution in [0.3, 0.4) is 0 Å². The molecule has 1 saturated heterocycles. The minimum absolute atomic E-state index is 0.387. The third-order valence-corrected chi connectivity index (χ3v) is 6.16. The SMILES string of the molecule is CO[C@@]1(C)O[C@H]2[C@H](O[C@]1(C)OC)[C@H](OCc1ccccc1)C=C(Br)[C@H]2OC(C)=O. The third kappa shape index (κ3) is 4.42. The Morgan fingerprint density at radius 2 is 1.66 bits per heavy atom. The van der Waals surface area contributed by atoms with Gasteiger partial charge in [-0.05, 0) is 25.5 Å². The normalized spacial score (nSPS) is 36.8. The van der Waals surface area contributed by atoms with Crippen molar-refractivity contribution in [2.24, 2.45) is 0 Å². The first-order valence-corrected chi connectivity index (χ1v) is 10.2. The van der Waals surface area contributed by atoms with Crippen molar-refractivity contribution < 1.29 is 33.2 Å². The molecule has 1 fully saturated rings. The number of hydrogen-bond acceptors (Lipinski definition) is 7. The molecule has 160 valence electrons. The van der Waals surface area contributed by atoms with Crippen molar-refractivity contribution in [2.75, 3.05) is 14.2 Å². The summed E-state index contributed by atoms with van der Waals surface area (Å²) < 4.78 is 36.2. The summed E-state index contributed by atoms with van der Waals surface area (Å²) in [6, 6.07) is 9.84. The number of benzene rings is 1. The lowest BCUT2D eigenvalue weighted by atomic mass is 9.91. The van der Waals surface area contributed by atoms with Gasteiger partial charge in [-0.2, -0.15) is 0 Å². The van der Waals surface area contributed by atoms with E-state index in [0.717, 1.165) is 5.56 Å². The summed E-state index contributed by atoms with van der Waals surface area (Å²) in [4.78, 5) is 11.7. The Labute approximate surface area is 179 Å². The summed E-state index contributed by atoms with van der Waals surface area (Å²) in [6.07, 6.45) is -0.556. The van der Waals surface area contributed by atoms with E-state index in [-0.39, 0.29) is 0 Å². The maximum absolute atomic E-state index is 11.7. The molecule has 7 nitrogen and oxygen atoms in total. The molecule has 0 unspecified atom stereocenters. The summed E-state index contributed by atoms with van der Waals surface area (Å²) in [7, 11) is 3.04. The maximum atomic E-state index is 11.7. The number of halogens is 1. The molecule has 3 rings (SSSR count). The number of hydrogen-bond donors (Lipinski definition) is 0. The molecule has 0 radical (unpaired) electrons. The molecule has 1 aromatic rings. The predicted molar refractivity (Wildman–Crippen MR) is 108 cm³/mol. The molecule has 0 N–H and O–H groups in total. The second-order valence-electron chi connectivity index (χ2n) is 7.31. The van der Waals surface area contributed by atoms with Gasteiger partial charge in [0, 0.05) is 25.6 Å². The van der Waals surface area contributed by atoms with E-state index >= 15 is 0 Å².